The van der Waals surface area contributed by atoms with Crippen LogP contribution < -0.4 is 4.90 Å². The van der Waals surface area contributed by atoms with E-state index < -0.39 is 5.41 Å². The Labute approximate surface area is 273 Å². The summed E-state index contributed by atoms with van der Waals surface area (Å²) >= 11 is 0. The van der Waals surface area contributed by atoms with Crippen LogP contribution in [0.25, 0.3) is 27.5 Å². The Kier molecular flexibility index (Phi) is 6.10. The van der Waals surface area contributed by atoms with Crippen molar-refractivity contribution in [2.45, 2.75) is 5.41 Å². The van der Waals surface area contributed by atoms with Gasteiger partial charge in [-0.25, -0.2) is 0 Å². The van der Waals surface area contributed by atoms with E-state index in [2.05, 4.69) is 185 Å². The smallest absolute Gasteiger partial charge is 0.101 e. The highest BCUT2D eigenvalue weighted by Crippen LogP contribution is 2.57. The van der Waals surface area contributed by atoms with E-state index in [0.717, 1.165) is 33.8 Å². The van der Waals surface area contributed by atoms with E-state index >= 15 is 0 Å². The summed E-state index contributed by atoms with van der Waals surface area (Å²) in [6.07, 6.45) is 0. The van der Waals surface area contributed by atoms with Crippen LogP contribution in [0.4, 0.5) is 17.1 Å². The maximum Gasteiger partial charge on any atom is 0.101 e. The number of nitriles is 1. The van der Waals surface area contributed by atoms with Crippen LogP contribution in [0.5, 0.6) is 0 Å². The highest BCUT2D eigenvalue weighted by molar-refractivity contribution is 6.09. The Balaban J connectivity index is 1.35. The Bertz CT molecular complexity index is 2340. The molecule has 0 fully saturated rings. The van der Waals surface area contributed by atoms with Gasteiger partial charge in [-0.2, -0.15) is 5.26 Å². The molecule has 220 valence electrons. The average molecular weight is 600 g/mol. The second kappa shape index (κ2) is 10.6. The fourth-order valence-corrected chi connectivity index (χ4v) is 7.81. The zero-order valence-electron chi connectivity index (χ0n) is 25.6. The average Bonchev–Trinajstić information content (AvgIpc) is 3.48. The zero-order valence-corrected chi connectivity index (χ0v) is 25.6. The van der Waals surface area contributed by atoms with E-state index in [9.17, 15) is 5.26 Å². The Hall–Kier alpha value is -6.37. The number of nitrogens with zero attached hydrogens (tertiary/aromatic N) is 3. The molecule has 0 bridgehead atoms. The van der Waals surface area contributed by atoms with E-state index in [1.165, 1.54) is 33.0 Å². The summed E-state index contributed by atoms with van der Waals surface area (Å²) in [6, 6.07) is 64.9. The van der Waals surface area contributed by atoms with Crippen molar-refractivity contribution in [3.63, 3.8) is 0 Å². The number of aromatic nitrogens is 1. The fourth-order valence-electron chi connectivity index (χ4n) is 7.81. The minimum Gasteiger partial charge on any atom is -0.310 e. The van der Waals surface area contributed by atoms with Crippen LogP contribution in [0.3, 0.4) is 0 Å². The molecule has 3 heteroatoms. The van der Waals surface area contributed by atoms with Crippen molar-refractivity contribution in [2.24, 2.45) is 0 Å². The first kappa shape index (κ1) is 27.0. The van der Waals surface area contributed by atoms with Crippen LogP contribution in [0.15, 0.2) is 176 Å². The van der Waals surface area contributed by atoms with Gasteiger partial charge in [0, 0.05) is 16.5 Å². The first-order valence-corrected chi connectivity index (χ1v) is 15.9. The molecule has 3 nitrogen and oxygen atoms in total. The van der Waals surface area contributed by atoms with Crippen LogP contribution in [0.2, 0.25) is 0 Å². The Morgan fingerprint density at radius 3 is 1.45 bits per heavy atom. The molecule has 0 atom stereocenters. The van der Waals surface area contributed by atoms with Crippen molar-refractivity contribution >= 4 is 38.9 Å². The van der Waals surface area contributed by atoms with Crippen molar-refractivity contribution in [2.75, 3.05) is 4.90 Å². The Morgan fingerprint density at radius 1 is 0.447 bits per heavy atom. The first-order chi connectivity index (χ1) is 23.3. The van der Waals surface area contributed by atoms with E-state index in [1.807, 2.05) is 6.07 Å². The molecule has 1 aliphatic heterocycles. The van der Waals surface area contributed by atoms with Crippen LogP contribution in [0.1, 0.15) is 27.8 Å². The van der Waals surface area contributed by atoms with E-state index in [4.69, 9.17) is 0 Å². The second-order valence-corrected chi connectivity index (χ2v) is 12.0. The number of benzene rings is 7. The third kappa shape index (κ3) is 3.86. The number of anilines is 3. The van der Waals surface area contributed by atoms with Crippen molar-refractivity contribution in [3.05, 3.63) is 204 Å². The van der Waals surface area contributed by atoms with E-state index in [1.54, 1.807) is 0 Å². The summed E-state index contributed by atoms with van der Waals surface area (Å²) in [7, 11) is 0. The largest absolute Gasteiger partial charge is 0.310 e. The minimum absolute atomic E-state index is 0.533. The molecular formula is C44H29N3. The SMILES string of the molecule is N#Cc1ccc(N2c3ccccc3C(c3ccccc3)(c3ccccc3)c3ccccc32)cc1-n1c2ccccc2c2ccccc21. The molecule has 2 heterocycles. The van der Waals surface area contributed by atoms with Gasteiger partial charge in [-0.15, -0.1) is 0 Å². The highest BCUT2D eigenvalue weighted by atomic mass is 15.2. The van der Waals surface area contributed by atoms with E-state index in [-0.39, 0.29) is 0 Å². The van der Waals surface area contributed by atoms with Gasteiger partial charge in [0.1, 0.15) is 6.07 Å². The lowest BCUT2D eigenvalue weighted by atomic mass is 9.62. The summed E-state index contributed by atoms with van der Waals surface area (Å²) in [5.41, 5.74) is 11.2. The van der Waals surface area contributed by atoms with Gasteiger partial charge in [-0.3, -0.25) is 0 Å². The standard InChI is InChI=1S/C44H29N3/c45-30-31-27-28-34(29-43(31)47-39-23-11-7-19-35(39)36-20-8-12-24-40(36)47)46-41-25-13-9-21-37(41)44(32-15-3-1-4-16-32,33-17-5-2-6-18-33)38-22-10-14-26-42(38)46/h1-29H. The molecule has 1 aromatic heterocycles. The molecule has 0 unspecified atom stereocenters. The lowest BCUT2D eigenvalue weighted by Crippen LogP contribution is -2.37. The van der Waals surface area contributed by atoms with Gasteiger partial charge in [-0.1, -0.05) is 133 Å². The third-order valence-electron chi connectivity index (χ3n) is 9.69. The third-order valence-corrected chi connectivity index (χ3v) is 9.69. The number of hydrogen-bond acceptors (Lipinski definition) is 2. The van der Waals surface area contributed by atoms with Crippen LogP contribution >= 0.6 is 0 Å². The molecule has 8 aromatic rings. The molecule has 0 saturated carbocycles. The molecule has 9 rings (SSSR count). The van der Waals surface area contributed by atoms with Gasteiger partial charge in [-0.05, 0) is 64.7 Å². The van der Waals surface area contributed by atoms with Gasteiger partial charge >= 0.3 is 0 Å². The van der Waals surface area contributed by atoms with Crippen molar-refractivity contribution in [1.29, 1.82) is 5.26 Å². The molecule has 0 saturated heterocycles. The van der Waals surface area contributed by atoms with Gasteiger partial charge in [0.15, 0.2) is 0 Å². The van der Waals surface area contributed by atoms with Gasteiger partial charge < -0.3 is 9.47 Å². The summed E-state index contributed by atoms with van der Waals surface area (Å²) in [5.74, 6) is 0. The van der Waals surface area contributed by atoms with Gasteiger partial charge in [0.25, 0.3) is 0 Å². The summed E-state index contributed by atoms with van der Waals surface area (Å²) in [6.45, 7) is 0. The predicted molar refractivity (Wildman–Crippen MR) is 192 cm³/mol. The highest BCUT2D eigenvalue weighted by Gasteiger charge is 2.46. The number of hydrogen-bond donors (Lipinski definition) is 0. The fraction of sp³-hybridized carbons (Fsp3) is 0.0227. The van der Waals surface area contributed by atoms with Gasteiger partial charge in [0.2, 0.25) is 0 Å². The molecular weight excluding hydrogens is 571 g/mol. The van der Waals surface area contributed by atoms with Crippen LogP contribution in [0, 0.1) is 11.3 Å². The lowest BCUT2D eigenvalue weighted by Gasteiger charge is -2.46. The molecule has 1 aliphatic rings. The normalized spacial score (nSPS) is 13.2. The molecule has 0 amide bonds. The number of fused-ring (bicyclic) bond motifs is 5. The summed E-state index contributed by atoms with van der Waals surface area (Å²) < 4.78 is 2.24. The molecule has 7 aromatic carbocycles. The quantitative estimate of drug-likeness (QED) is 0.202. The molecule has 47 heavy (non-hydrogen) atoms. The maximum atomic E-state index is 10.4. The molecule has 0 N–H and O–H groups in total. The van der Waals surface area contributed by atoms with Crippen molar-refractivity contribution in [1.82, 2.24) is 4.57 Å². The zero-order chi connectivity index (χ0) is 31.4. The molecule has 0 radical (unpaired) electrons. The number of para-hydroxylation sites is 4. The monoisotopic (exact) mass is 599 g/mol. The minimum atomic E-state index is -0.533. The molecule has 0 aliphatic carbocycles. The van der Waals surface area contributed by atoms with Crippen molar-refractivity contribution in [3.8, 4) is 11.8 Å². The first-order valence-electron chi connectivity index (χ1n) is 15.9. The van der Waals surface area contributed by atoms with Gasteiger partial charge in [0.05, 0.1) is 39.1 Å². The topological polar surface area (TPSA) is 32.0 Å². The maximum absolute atomic E-state index is 10.4. The van der Waals surface area contributed by atoms with Crippen LogP contribution in [-0.2, 0) is 5.41 Å². The summed E-state index contributed by atoms with van der Waals surface area (Å²) in [4.78, 5) is 2.37. The molecule has 0 spiro atoms. The second-order valence-electron chi connectivity index (χ2n) is 12.0. The van der Waals surface area contributed by atoms with E-state index in [0.29, 0.717) is 5.56 Å². The van der Waals surface area contributed by atoms with Crippen molar-refractivity contribution < 1.29 is 0 Å². The Morgan fingerprint density at radius 2 is 0.915 bits per heavy atom. The predicted octanol–water partition coefficient (Wildman–Crippen LogP) is 10.8. The summed E-state index contributed by atoms with van der Waals surface area (Å²) in [5, 5.41) is 12.8. The van der Waals surface area contributed by atoms with Crippen LogP contribution in [-0.4, -0.2) is 4.57 Å². The number of rotatable bonds is 4. The lowest BCUT2D eigenvalue weighted by molar-refractivity contribution is 0.731.